The number of aromatic nitrogens is 1. The molecule has 0 saturated carbocycles. The van der Waals surface area contributed by atoms with E-state index in [2.05, 4.69) is 4.98 Å². The highest BCUT2D eigenvalue weighted by Crippen LogP contribution is 2.41. The summed E-state index contributed by atoms with van der Waals surface area (Å²) in [5.41, 5.74) is -0.120. The molecule has 2 saturated heterocycles. The molecule has 3 heterocycles. The number of hydrogen-bond donors (Lipinski definition) is 0. The monoisotopic (exact) mass is 346 g/mol. The lowest BCUT2D eigenvalue weighted by Gasteiger charge is -2.39. The minimum atomic E-state index is -0.509. The predicted molar refractivity (Wildman–Crippen MR) is 92.7 cm³/mol. The summed E-state index contributed by atoms with van der Waals surface area (Å²) in [6.45, 7) is 5.61. The summed E-state index contributed by atoms with van der Waals surface area (Å²) in [6, 6.07) is 3.64. The number of rotatable bonds is 3. The second-order valence-corrected chi connectivity index (χ2v) is 7.86. The molecule has 6 nitrogen and oxygen atoms in total. The van der Waals surface area contributed by atoms with Gasteiger partial charge in [-0.1, -0.05) is 0 Å². The third-order valence-corrected chi connectivity index (χ3v) is 4.93. The summed E-state index contributed by atoms with van der Waals surface area (Å²) >= 11 is 0. The van der Waals surface area contributed by atoms with Crippen molar-refractivity contribution >= 4 is 11.9 Å². The first kappa shape index (κ1) is 17.7. The Morgan fingerprint density at radius 2 is 1.84 bits per heavy atom. The molecule has 2 unspecified atom stereocenters. The zero-order valence-electron chi connectivity index (χ0n) is 15.3. The smallest absolute Gasteiger partial charge is 0.410 e. The molecule has 25 heavy (non-hydrogen) atoms. The molecule has 2 fully saturated rings. The first-order valence-corrected chi connectivity index (χ1v) is 8.84. The molecule has 2 bridgehead atoms. The summed E-state index contributed by atoms with van der Waals surface area (Å²) in [5.74, 6) is 0.396. The average Bonchev–Trinajstić information content (AvgIpc) is 2.83. The lowest BCUT2D eigenvalue weighted by atomic mass is 9.86. The maximum Gasteiger partial charge on any atom is 0.410 e. The number of carbonyl (C=O) groups is 2. The highest BCUT2D eigenvalue weighted by Gasteiger charge is 2.47. The molecule has 1 aromatic heterocycles. The third kappa shape index (κ3) is 3.62. The SMILES string of the molecule is COc1cccnc1C(=O)C1CC2CCC(C1)N2C(=O)OC(C)(C)C. The van der Waals surface area contributed by atoms with Gasteiger partial charge in [0.1, 0.15) is 17.0 Å². The number of Topliss-reactive ketones (excluding diaryl/α,β-unsaturated/α-hetero) is 1. The fourth-order valence-electron chi connectivity index (χ4n) is 3.94. The van der Waals surface area contributed by atoms with E-state index in [-0.39, 0.29) is 29.9 Å². The normalized spacial score (nSPS) is 25.6. The van der Waals surface area contributed by atoms with Crippen LogP contribution in [0, 0.1) is 5.92 Å². The van der Waals surface area contributed by atoms with Gasteiger partial charge in [0.15, 0.2) is 5.78 Å². The summed E-state index contributed by atoms with van der Waals surface area (Å²) in [4.78, 5) is 31.5. The minimum absolute atomic E-state index is 0.0122. The molecule has 6 heteroatoms. The topological polar surface area (TPSA) is 68.7 Å². The van der Waals surface area contributed by atoms with Crippen LogP contribution in [0.2, 0.25) is 0 Å². The molecule has 1 amide bonds. The van der Waals surface area contributed by atoms with Gasteiger partial charge in [0.25, 0.3) is 0 Å². The lowest BCUT2D eigenvalue weighted by Crippen LogP contribution is -2.49. The van der Waals surface area contributed by atoms with Gasteiger partial charge >= 0.3 is 6.09 Å². The van der Waals surface area contributed by atoms with Crippen molar-refractivity contribution in [2.24, 2.45) is 5.92 Å². The summed E-state index contributed by atoms with van der Waals surface area (Å²) < 4.78 is 10.8. The number of nitrogens with zero attached hydrogens (tertiary/aromatic N) is 2. The molecule has 1 aromatic rings. The Kier molecular flexibility index (Phi) is 4.71. The van der Waals surface area contributed by atoms with Crippen LogP contribution in [0.1, 0.15) is 56.9 Å². The lowest BCUT2D eigenvalue weighted by molar-refractivity contribution is 0.00248. The minimum Gasteiger partial charge on any atom is -0.494 e. The Bertz CT molecular complexity index is 654. The largest absolute Gasteiger partial charge is 0.494 e. The van der Waals surface area contributed by atoms with E-state index in [1.165, 1.54) is 0 Å². The number of ketones is 1. The molecular weight excluding hydrogens is 320 g/mol. The van der Waals surface area contributed by atoms with E-state index in [0.717, 1.165) is 12.8 Å². The average molecular weight is 346 g/mol. The number of hydrogen-bond acceptors (Lipinski definition) is 5. The number of fused-ring (bicyclic) bond motifs is 2. The zero-order valence-corrected chi connectivity index (χ0v) is 15.3. The van der Waals surface area contributed by atoms with E-state index in [9.17, 15) is 9.59 Å². The van der Waals surface area contributed by atoms with Crippen LogP contribution in [-0.2, 0) is 4.74 Å². The van der Waals surface area contributed by atoms with E-state index < -0.39 is 5.60 Å². The van der Waals surface area contributed by atoms with Gasteiger partial charge in [0.2, 0.25) is 0 Å². The van der Waals surface area contributed by atoms with Crippen LogP contribution in [0.5, 0.6) is 5.75 Å². The van der Waals surface area contributed by atoms with Crippen LogP contribution in [-0.4, -0.2) is 46.6 Å². The van der Waals surface area contributed by atoms with Crippen LogP contribution >= 0.6 is 0 Å². The van der Waals surface area contributed by atoms with Gasteiger partial charge in [0.05, 0.1) is 7.11 Å². The quantitative estimate of drug-likeness (QED) is 0.784. The number of piperidine rings is 1. The van der Waals surface area contributed by atoms with Crippen molar-refractivity contribution in [3.05, 3.63) is 24.0 Å². The third-order valence-electron chi connectivity index (χ3n) is 4.93. The van der Waals surface area contributed by atoms with Crippen LogP contribution in [0.3, 0.4) is 0 Å². The maximum atomic E-state index is 12.9. The number of carbonyl (C=O) groups excluding carboxylic acids is 2. The standard InChI is InChI=1S/C19H26N2O4/c1-19(2,3)25-18(23)21-13-7-8-14(21)11-12(10-13)17(22)16-15(24-4)6-5-9-20-16/h5-6,9,12-14H,7-8,10-11H2,1-4H3. The predicted octanol–water partition coefficient (Wildman–Crippen LogP) is 3.45. The van der Waals surface area contributed by atoms with E-state index >= 15 is 0 Å². The number of amides is 1. The van der Waals surface area contributed by atoms with Crippen LogP contribution in [0.25, 0.3) is 0 Å². The molecule has 0 aliphatic carbocycles. The Labute approximate surface area is 148 Å². The summed E-state index contributed by atoms with van der Waals surface area (Å²) in [7, 11) is 1.54. The number of pyridine rings is 1. The van der Waals surface area contributed by atoms with Crippen molar-refractivity contribution in [3.8, 4) is 5.75 Å². The van der Waals surface area contributed by atoms with Crippen molar-refractivity contribution in [2.75, 3.05) is 7.11 Å². The molecule has 0 N–H and O–H groups in total. The van der Waals surface area contributed by atoms with Crippen LogP contribution in [0.15, 0.2) is 18.3 Å². The fraction of sp³-hybridized carbons (Fsp3) is 0.632. The molecule has 0 spiro atoms. The van der Waals surface area contributed by atoms with Gasteiger partial charge < -0.3 is 14.4 Å². The highest BCUT2D eigenvalue weighted by atomic mass is 16.6. The number of ether oxygens (including phenoxy) is 2. The van der Waals surface area contributed by atoms with E-state index in [1.807, 2.05) is 25.7 Å². The van der Waals surface area contributed by atoms with Gasteiger partial charge in [-0.3, -0.25) is 4.79 Å². The fourth-order valence-corrected chi connectivity index (χ4v) is 3.94. The van der Waals surface area contributed by atoms with Gasteiger partial charge in [-0.2, -0.15) is 0 Å². The molecule has 3 rings (SSSR count). The second-order valence-electron chi connectivity index (χ2n) is 7.86. The summed E-state index contributed by atoms with van der Waals surface area (Å²) in [6.07, 6.45) is 4.52. The Balaban J connectivity index is 1.73. The molecule has 0 radical (unpaired) electrons. The van der Waals surface area contributed by atoms with Gasteiger partial charge in [-0.05, 0) is 58.6 Å². The highest BCUT2D eigenvalue weighted by molar-refractivity contribution is 5.98. The van der Waals surface area contributed by atoms with Crippen molar-refractivity contribution in [1.82, 2.24) is 9.88 Å². The van der Waals surface area contributed by atoms with Crippen molar-refractivity contribution in [2.45, 2.75) is 64.1 Å². The zero-order chi connectivity index (χ0) is 18.2. The Hall–Kier alpha value is -2.11. The maximum absolute atomic E-state index is 12.9. The molecule has 0 aromatic carbocycles. The van der Waals surface area contributed by atoms with Crippen molar-refractivity contribution < 1.29 is 19.1 Å². The van der Waals surface area contributed by atoms with Crippen molar-refractivity contribution in [3.63, 3.8) is 0 Å². The molecule has 2 atom stereocenters. The summed E-state index contributed by atoms with van der Waals surface area (Å²) in [5, 5.41) is 0. The van der Waals surface area contributed by atoms with Crippen LogP contribution < -0.4 is 4.74 Å². The number of methoxy groups -OCH3 is 1. The van der Waals surface area contributed by atoms with Gasteiger partial charge in [0, 0.05) is 24.2 Å². The van der Waals surface area contributed by atoms with Crippen molar-refractivity contribution in [1.29, 1.82) is 0 Å². The first-order chi connectivity index (χ1) is 11.8. The molecule has 2 aliphatic rings. The van der Waals surface area contributed by atoms with Gasteiger partial charge in [-0.25, -0.2) is 9.78 Å². The van der Waals surface area contributed by atoms with Crippen LogP contribution in [0.4, 0.5) is 4.79 Å². The molecular formula is C19H26N2O4. The van der Waals surface area contributed by atoms with E-state index in [1.54, 1.807) is 25.4 Å². The first-order valence-electron chi connectivity index (χ1n) is 8.84. The molecule has 2 aliphatic heterocycles. The van der Waals surface area contributed by atoms with Gasteiger partial charge in [-0.15, -0.1) is 0 Å². The van der Waals surface area contributed by atoms with E-state index in [4.69, 9.17) is 9.47 Å². The Morgan fingerprint density at radius 3 is 2.40 bits per heavy atom. The molecule has 136 valence electrons. The second kappa shape index (κ2) is 6.65. The van der Waals surface area contributed by atoms with E-state index in [0.29, 0.717) is 24.3 Å². The Morgan fingerprint density at radius 1 is 1.20 bits per heavy atom.